The van der Waals surface area contributed by atoms with Crippen LogP contribution in [0.15, 0.2) is 18.2 Å². The van der Waals surface area contributed by atoms with Crippen LogP contribution in [0, 0.1) is 0 Å². The van der Waals surface area contributed by atoms with Crippen LogP contribution in [0.4, 0.5) is 11.4 Å². The molecule has 1 aromatic carbocycles. The predicted molar refractivity (Wildman–Crippen MR) is 82.2 cm³/mol. The fourth-order valence-corrected chi connectivity index (χ4v) is 1.99. The molecular formula is C14H22ClN3O. The van der Waals surface area contributed by atoms with Crippen LogP contribution >= 0.6 is 11.6 Å². The highest BCUT2D eigenvalue weighted by atomic mass is 35.5. The van der Waals surface area contributed by atoms with Crippen molar-refractivity contribution in [2.24, 2.45) is 0 Å². The van der Waals surface area contributed by atoms with Crippen molar-refractivity contribution < 1.29 is 4.79 Å². The Bertz CT molecular complexity index is 433. The van der Waals surface area contributed by atoms with Crippen LogP contribution in [-0.4, -0.2) is 32.6 Å². The van der Waals surface area contributed by atoms with E-state index in [0.717, 1.165) is 11.4 Å². The SMILES string of the molecule is CC(C)NCCC(=O)Nc1ccc(N(C)C)c(Cl)c1. The summed E-state index contributed by atoms with van der Waals surface area (Å²) >= 11 is 6.15. The van der Waals surface area contributed by atoms with Crippen molar-refractivity contribution in [1.82, 2.24) is 5.32 Å². The van der Waals surface area contributed by atoms with Crippen LogP contribution in [0.5, 0.6) is 0 Å². The molecular weight excluding hydrogens is 262 g/mol. The third-order valence-electron chi connectivity index (χ3n) is 2.62. The number of hydrogen-bond donors (Lipinski definition) is 2. The van der Waals surface area contributed by atoms with E-state index in [1.807, 2.05) is 31.1 Å². The largest absolute Gasteiger partial charge is 0.376 e. The van der Waals surface area contributed by atoms with Gasteiger partial charge in [0.1, 0.15) is 0 Å². The summed E-state index contributed by atoms with van der Waals surface area (Å²) in [6.45, 7) is 4.78. The minimum Gasteiger partial charge on any atom is -0.376 e. The first-order valence-electron chi connectivity index (χ1n) is 6.40. The van der Waals surface area contributed by atoms with Crippen molar-refractivity contribution >= 4 is 28.9 Å². The van der Waals surface area contributed by atoms with Crippen molar-refractivity contribution in [2.75, 3.05) is 30.9 Å². The number of nitrogens with one attached hydrogen (secondary N) is 2. The molecule has 0 saturated heterocycles. The molecule has 1 rings (SSSR count). The molecule has 0 aliphatic carbocycles. The summed E-state index contributed by atoms with van der Waals surface area (Å²) in [5, 5.41) is 6.67. The zero-order valence-corrected chi connectivity index (χ0v) is 12.7. The molecule has 106 valence electrons. The minimum atomic E-state index is -0.0122. The Hall–Kier alpha value is -1.26. The normalized spacial score (nSPS) is 10.6. The van der Waals surface area contributed by atoms with Crippen molar-refractivity contribution in [3.8, 4) is 0 Å². The smallest absolute Gasteiger partial charge is 0.225 e. The Morgan fingerprint density at radius 2 is 2.05 bits per heavy atom. The van der Waals surface area contributed by atoms with Gasteiger partial charge in [-0.2, -0.15) is 0 Å². The molecule has 4 nitrogen and oxygen atoms in total. The van der Waals surface area contributed by atoms with Gasteiger partial charge in [-0.25, -0.2) is 0 Å². The second-order valence-electron chi connectivity index (χ2n) is 4.97. The Morgan fingerprint density at radius 1 is 1.37 bits per heavy atom. The Labute approximate surface area is 120 Å². The van der Waals surface area contributed by atoms with Crippen molar-refractivity contribution in [1.29, 1.82) is 0 Å². The van der Waals surface area contributed by atoms with Gasteiger partial charge in [0.2, 0.25) is 5.91 Å². The van der Waals surface area contributed by atoms with E-state index in [-0.39, 0.29) is 5.91 Å². The van der Waals surface area contributed by atoms with Gasteiger partial charge in [-0.05, 0) is 18.2 Å². The maximum atomic E-state index is 11.7. The van der Waals surface area contributed by atoms with Gasteiger partial charge in [0.05, 0.1) is 10.7 Å². The average Bonchev–Trinajstić information content (AvgIpc) is 2.27. The molecule has 5 heteroatoms. The molecule has 0 saturated carbocycles. The molecule has 19 heavy (non-hydrogen) atoms. The summed E-state index contributed by atoms with van der Waals surface area (Å²) in [6, 6.07) is 5.91. The Balaban J connectivity index is 2.53. The fourth-order valence-electron chi connectivity index (χ4n) is 1.65. The lowest BCUT2D eigenvalue weighted by molar-refractivity contribution is -0.116. The van der Waals surface area contributed by atoms with E-state index in [0.29, 0.717) is 24.0 Å². The van der Waals surface area contributed by atoms with Gasteiger partial charge in [0.15, 0.2) is 0 Å². The van der Waals surface area contributed by atoms with Crippen LogP contribution in [0.1, 0.15) is 20.3 Å². The van der Waals surface area contributed by atoms with Gasteiger partial charge in [-0.15, -0.1) is 0 Å². The second kappa shape index (κ2) is 7.36. The van der Waals surface area contributed by atoms with Gasteiger partial charge in [-0.3, -0.25) is 4.79 Å². The average molecular weight is 284 g/mol. The van der Waals surface area contributed by atoms with E-state index in [9.17, 15) is 4.79 Å². The first-order valence-corrected chi connectivity index (χ1v) is 6.78. The number of carbonyl (C=O) groups is 1. The lowest BCUT2D eigenvalue weighted by Gasteiger charge is -2.15. The van der Waals surface area contributed by atoms with Crippen molar-refractivity contribution in [3.05, 3.63) is 23.2 Å². The number of carbonyl (C=O) groups excluding carboxylic acids is 1. The third kappa shape index (κ3) is 5.49. The maximum Gasteiger partial charge on any atom is 0.225 e. The zero-order valence-electron chi connectivity index (χ0n) is 12.0. The van der Waals surface area contributed by atoms with Crippen molar-refractivity contribution in [2.45, 2.75) is 26.3 Å². The van der Waals surface area contributed by atoms with Crippen LogP contribution in [0.2, 0.25) is 5.02 Å². The first-order chi connectivity index (χ1) is 8.90. The number of hydrogen-bond acceptors (Lipinski definition) is 3. The fraction of sp³-hybridized carbons (Fsp3) is 0.500. The van der Waals surface area contributed by atoms with E-state index in [1.165, 1.54) is 0 Å². The quantitative estimate of drug-likeness (QED) is 0.844. The molecule has 1 amide bonds. The molecule has 0 atom stereocenters. The first kappa shape index (κ1) is 15.8. The number of amides is 1. The van der Waals surface area contributed by atoms with E-state index >= 15 is 0 Å². The van der Waals surface area contributed by atoms with Gasteiger partial charge in [0.25, 0.3) is 0 Å². The van der Waals surface area contributed by atoms with Crippen LogP contribution in [0.3, 0.4) is 0 Å². The highest BCUT2D eigenvalue weighted by Gasteiger charge is 2.06. The molecule has 0 heterocycles. The number of nitrogens with zero attached hydrogens (tertiary/aromatic N) is 1. The van der Waals surface area contributed by atoms with E-state index in [4.69, 9.17) is 11.6 Å². The number of benzene rings is 1. The number of anilines is 2. The molecule has 0 aromatic heterocycles. The van der Waals surface area contributed by atoms with Gasteiger partial charge >= 0.3 is 0 Å². The van der Waals surface area contributed by atoms with Gasteiger partial charge in [-0.1, -0.05) is 25.4 Å². The Morgan fingerprint density at radius 3 is 2.58 bits per heavy atom. The van der Waals surface area contributed by atoms with E-state index in [1.54, 1.807) is 6.07 Å². The molecule has 0 fully saturated rings. The van der Waals surface area contributed by atoms with Gasteiger partial charge in [0, 0.05) is 38.8 Å². The molecule has 0 radical (unpaired) electrons. The van der Waals surface area contributed by atoms with Crippen LogP contribution in [-0.2, 0) is 4.79 Å². The molecule has 0 aliphatic heterocycles. The molecule has 0 spiro atoms. The molecule has 0 bridgehead atoms. The number of rotatable bonds is 6. The summed E-state index contributed by atoms with van der Waals surface area (Å²) in [6.07, 6.45) is 0.450. The number of halogens is 1. The van der Waals surface area contributed by atoms with E-state index < -0.39 is 0 Å². The zero-order chi connectivity index (χ0) is 14.4. The topological polar surface area (TPSA) is 44.4 Å². The van der Waals surface area contributed by atoms with Crippen LogP contribution in [0.25, 0.3) is 0 Å². The molecule has 2 N–H and O–H groups in total. The Kier molecular flexibility index (Phi) is 6.12. The summed E-state index contributed by atoms with van der Waals surface area (Å²) in [4.78, 5) is 13.7. The summed E-state index contributed by atoms with van der Waals surface area (Å²) in [5.41, 5.74) is 1.66. The monoisotopic (exact) mass is 283 g/mol. The third-order valence-corrected chi connectivity index (χ3v) is 2.92. The van der Waals surface area contributed by atoms with Crippen molar-refractivity contribution in [3.63, 3.8) is 0 Å². The highest BCUT2D eigenvalue weighted by molar-refractivity contribution is 6.33. The lowest BCUT2D eigenvalue weighted by Crippen LogP contribution is -2.27. The van der Waals surface area contributed by atoms with Gasteiger partial charge < -0.3 is 15.5 Å². The summed E-state index contributed by atoms with van der Waals surface area (Å²) in [7, 11) is 3.86. The highest BCUT2D eigenvalue weighted by Crippen LogP contribution is 2.27. The van der Waals surface area contributed by atoms with Crippen LogP contribution < -0.4 is 15.5 Å². The lowest BCUT2D eigenvalue weighted by atomic mass is 10.2. The predicted octanol–water partition coefficient (Wildman–Crippen LogP) is 2.73. The molecule has 0 aliphatic rings. The standard InChI is InChI=1S/C14H22ClN3O/c1-10(2)16-8-7-14(19)17-11-5-6-13(18(3)4)12(15)9-11/h5-6,9-10,16H,7-8H2,1-4H3,(H,17,19). The minimum absolute atomic E-state index is 0.0122. The summed E-state index contributed by atoms with van der Waals surface area (Å²) < 4.78 is 0. The maximum absolute atomic E-state index is 11.7. The van der Waals surface area contributed by atoms with E-state index in [2.05, 4.69) is 24.5 Å². The second-order valence-corrected chi connectivity index (χ2v) is 5.37. The summed E-state index contributed by atoms with van der Waals surface area (Å²) in [5.74, 6) is -0.0122. The molecule has 0 unspecified atom stereocenters. The molecule has 1 aromatic rings.